The quantitative estimate of drug-likeness (QED) is 0.708. The van der Waals surface area contributed by atoms with Crippen LogP contribution in [0.4, 0.5) is 11.4 Å². The fourth-order valence-corrected chi connectivity index (χ4v) is 3.19. The second kappa shape index (κ2) is 9.30. The number of ether oxygens (including phenoxy) is 1. The molecule has 1 saturated carbocycles. The third kappa shape index (κ3) is 5.96. The smallest absolute Gasteiger partial charge is 0.242 e. The monoisotopic (exact) mass is 347 g/mol. The molecule has 0 unspecified atom stereocenters. The first kappa shape index (κ1) is 19.1. The van der Waals surface area contributed by atoms with E-state index in [9.17, 15) is 9.59 Å². The van der Waals surface area contributed by atoms with Crippen molar-refractivity contribution in [1.82, 2.24) is 5.32 Å². The van der Waals surface area contributed by atoms with Crippen LogP contribution in [0.5, 0.6) is 5.75 Å². The van der Waals surface area contributed by atoms with Gasteiger partial charge in [-0.25, -0.2) is 0 Å². The lowest BCUT2D eigenvalue weighted by atomic mass is 9.89. The molecule has 0 aromatic heterocycles. The molecular formula is C19H29N3O3. The van der Waals surface area contributed by atoms with Gasteiger partial charge in [-0.15, -0.1) is 0 Å². The molecule has 2 amide bonds. The van der Waals surface area contributed by atoms with Crippen molar-refractivity contribution in [3.63, 3.8) is 0 Å². The Hall–Kier alpha value is -2.24. The Labute approximate surface area is 149 Å². The van der Waals surface area contributed by atoms with E-state index in [1.54, 1.807) is 25.3 Å². The fourth-order valence-electron chi connectivity index (χ4n) is 3.19. The Morgan fingerprint density at radius 3 is 2.60 bits per heavy atom. The van der Waals surface area contributed by atoms with Gasteiger partial charge in [-0.2, -0.15) is 0 Å². The van der Waals surface area contributed by atoms with Crippen molar-refractivity contribution in [2.45, 2.75) is 52.0 Å². The second-order valence-corrected chi connectivity index (χ2v) is 6.71. The Bertz CT molecular complexity index is 598. The highest BCUT2D eigenvalue weighted by Gasteiger charge is 2.18. The van der Waals surface area contributed by atoms with E-state index >= 15 is 0 Å². The van der Waals surface area contributed by atoms with E-state index < -0.39 is 6.04 Å². The number of rotatable bonds is 7. The molecule has 0 saturated heterocycles. The maximum absolute atomic E-state index is 12.4. The molecule has 138 valence electrons. The van der Waals surface area contributed by atoms with Crippen molar-refractivity contribution >= 4 is 23.2 Å². The van der Waals surface area contributed by atoms with Crippen molar-refractivity contribution in [2.24, 2.45) is 5.92 Å². The third-order valence-corrected chi connectivity index (χ3v) is 4.57. The van der Waals surface area contributed by atoms with E-state index in [1.807, 2.05) is 6.92 Å². The van der Waals surface area contributed by atoms with Gasteiger partial charge in [-0.3, -0.25) is 9.59 Å². The summed E-state index contributed by atoms with van der Waals surface area (Å²) >= 11 is 0. The van der Waals surface area contributed by atoms with Crippen LogP contribution in [0.15, 0.2) is 18.2 Å². The number of hydrogen-bond donors (Lipinski definition) is 3. The van der Waals surface area contributed by atoms with E-state index in [4.69, 9.17) is 4.74 Å². The number of carbonyl (C=O) groups is 2. The zero-order valence-corrected chi connectivity index (χ0v) is 15.4. The summed E-state index contributed by atoms with van der Waals surface area (Å²) in [5.74, 6) is 1.05. The van der Waals surface area contributed by atoms with Crippen LogP contribution in [0.1, 0.15) is 46.0 Å². The van der Waals surface area contributed by atoms with Crippen LogP contribution in [0.3, 0.4) is 0 Å². The van der Waals surface area contributed by atoms with Crippen molar-refractivity contribution < 1.29 is 14.3 Å². The minimum atomic E-state index is -0.398. The predicted molar refractivity (Wildman–Crippen MR) is 100.0 cm³/mol. The van der Waals surface area contributed by atoms with Gasteiger partial charge in [-0.05, 0) is 43.9 Å². The van der Waals surface area contributed by atoms with Crippen LogP contribution in [0.2, 0.25) is 0 Å². The van der Waals surface area contributed by atoms with Gasteiger partial charge in [0, 0.05) is 19.2 Å². The lowest BCUT2D eigenvalue weighted by Gasteiger charge is -2.23. The van der Waals surface area contributed by atoms with Gasteiger partial charge in [0.05, 0.1) is 12.8 Å². The molecule has 0 heterocycles. The largest absolute Gasteiger partial charge is 0.495 e. The van der Waals surface area contributed by atoms with Crippen molar-refractivity contribution in [3.8, 4) is 5.75 Å². The molecular weight excluding hydrogens is 318 g/mol. The van der Waals surface area contributed by atoms with Crippen LogP contribution in [-0.2, 0) is 9.59 Å². The Morgan fingerprint density at radius 1 is 1.24 bits per heavy atom. The first-order chi connectivity index (χ1) is 12.0. The lowest BCUT2D eigenvalue weighted by molar-refractivity contribution is -0.121. The van der Waals surface area contributed by atoms with Crippen LogP contribution in [-0.4, -0.2) is 31.5 Å². The number of carbonyl (C=O) groups excluding carboxylic acids is 2. The van der Waals surface area contributed by atoms with Crippen LogP contribution in [0.25, 0.3) is 0 Å². The number of amides is 2. The molecule has 1 aromatic rings. The normalized spacial score (nSPS) is 16.0. The highest BCUT2D eigenvalue weighted by Crippen LogP contribution is 2.28. The second-order valence-electron chi connectivity index (χ2n) is 6.71. The molecule has 0 spiro atoms. The minimum absolute atomic E-state index is 0.0300. The molecule has 0 radical (unpaired) electrons. The lowest BCUT2D eigenvalue weighted by Crippen LogP contribution is -2.40. The van der Waals surface area contributed by atoms with Gasteiger partial charge in [0.25, 0.3) is 0 Å². The van der Waals surface area contributed by atoms with Gasteiger partial charge in [0.2, 0.25) is 11.8 Å². The first-order valence-electron chi connectivity index (χ1n) is 8.99. The summed E-state index contributed by atoms with van der Waals surface area (Å²) in [4.78, 5) is 23.6. The number of hydrogen-bond acceptors (Lipinski definition) is 4. The number of methoxy groups -OCH3 is 1. The number of anilines is 2. The fraction of sp³-hybridized carbons (Fsp3) is 0.579. The summed E-state index contributed by atoms with van der Waals surface area (Å²) in [5, 5.41) is 8.95. The van der Waals surface area contributed by atoms with Crippen LogP contribution >= 0.6 is 0 Å². The summed E-state index contributed by atoms with van der Waals surface area (Å²) in [6.07, 6.45) is 6.25. The van der Waals surface area contributed by atoms with Crippen molar-refractivity contribution in [1.29, 1.82) is 0 Å². The summed E-state index contributed by atoms with van der Waals surface area (Å²) in [5.41, 5.74) is 1.33. The summed E-state index contributed by atoms with van der Waals surface area (Å²) in [7, 11) is 1.58. The molecule has 2 rings (SSSR count). The van der Waals surface area contributed by atoms with Crippen LogP contribution < -0.4 is 20.7 Å². The zero-order chi connectivity index (χ0) is 18.2. The molecule has 1 fully saturated rings. The standard InChI is InChI=1S/C19H29N3O3/c1-13(19(24)20-12-15-7-5-4-6-8-15)21-17-11-16(22-14(2)23)9-10-18(17)25-3/h9-11,13,15,21H,4-8,12H2,1-3H3,(H,20,24)(H,22,23)/t13-/m0/s1. The SMILES string of the molecule is COc1ccc(NC(C)=O)cc1N[C@@H](C)C(=O)NCC1CCCCC1. The maximum atomic E-state index is 12.4. The van der Waals surface area contributed by atoms with E-state index in [1.165, 1.54) is 39.0 Å². The highest BCUT2D eigenvalue weighted by atomic mass is 16.5. The first-order valence-corrected chi connectivity index (χ1v) is 8.99. The molecule has 1 aromatic carbocycles. The average Bonchev–Trinajstić information content (AvgIpc) is 2.60. The maximum Gasteiger partial charge on any atom is 0.242 e. The topological polar surface area (TPSA) is 79.5 Å². The van der Waals surface area contributed by atoms with E-state index in [2.05, 4.69) is 16.0 Å². The Morgan fingerprint density at radius 2 is 1.96 bits per heavy atom. The van der Waals surface area contributed by atoms with Gasteiger partial charge >= 0.3 is 0 Å². The van der Waals surface area contributed by atoms with E-state index in [0.29, 0.717) is 23.0 Å². The molecule has 1 atom stereocenters. The molecule has 0 bridgehead atoms. The Balaban J connectivity index is 1.94. The molecule has 6 nitrogen and oxygen atoms in total. The molecule has 1 aliphatic rings. The summed E-state index contributed by atoms with van der Waals surface area (Å²) in [6.45, 7) is 4.02. The number of nitrogens with one attached hydrogen (secondary N) is 3. The van der Waals surface area contributed by atoms with Gasteiger partial charge in [0.15, 0.2) is 0 Å². The minimum Gasteiger partial charge on any atom is -0.495 e. The van der Waals surface area contributed by atoms with Crippen molar-refractivity contribution in [3.05, 3.63) is 18.2 Å². The number of benzene rings is 1. The molecule has 25 heavy (non-hydrogen) atoms. The van der Waals surface area contributed by atoms with Gasteiger partial charge < -0.3 is 20.7 Å². The summed E-state index contributed by atoms with van der Waals surface area (Å²) < 4.78 is 5.33. The van der Waals surface area contributed by atoms with Gasteiger partial charge in [-0.1, -0.05) is 19.3 Å². The van der Waals surface area contributed by atoms with E-state index in [0.717, 1.165) is 6.54 Å². The Kier molecular flexibility index (Phi) is 7.10. The highest BCUT2D eigenvalue weighted by molar-refractivity contribution is 5.90. The van der Waals surface area contributed by atoms with Crippen LogP contribution in [0, 0.1) is 5.92 Å². The van der Waals surface area contributed by atoms with Gasteiger partial charge in [0.1, 0.15) is 11.8 Å². The zero-order valence-electron chi connectivity index (χ0n) is 15.4. The van der Waals surface area contributed by atoms with E-state index in [-0.39, 0.29) is 11.8 Å². The predicted octanol–water partition coefficient (Wildman–Crippen LogP) is 3.15. The third-order valence-electron chi connectivity index (χ3n) is 4.57. The molecule has 6 heteroatoms. The average molecular weight is 347 g/mol. The van der Waals surface area contributed by atoms with Crippen molar-refractivity contribution in [2.75, 3.05) is 24.3 Å². The molecule has 0 aliphatic heterocycles. The molecule has 3 N–H and O–H groups in total. The summed E-state index contributed by atoms with van der Waals surface area (Å²) in [6, 6.07) is 4.90. The molecule has 1 aliphatic carbocycles.